The Morgan fingerprint density at radius 2 is 1.13 bits per heavy atom. The molecule has 0 bridgehead atoms. The normalized spacial score (nSPS) is 15.6. The van der Waals surface area contributed by atoms with Crippen molar-refractivity contribution in [3.63, 3.8) is 0 Å². The molecule has 45 heavy (non-hydrogen) atoms. The Morgan fingerprint density at radius 3 is 1.62 bits per heavy atom. The van der Waals surface area contributed by atoms with Gasteiger partial charge < -0.3 is 48.0 Å². The first-order chi connectivity index (χ1) is 22.0. The third-order valence-electron chi connectivity index (χ3n) is 8.52. The predicted octanol–water partition coefficient (Wildman–Crippen LogP) is 0.666. The molecule has 0 amide bonds. The van der Waals surface area contributed by atoms with Crippen LogP contribution in [0.15, 0.2) is 6.33 Å². The van der Waals surface area contributed by atoms with Gasteiger partial charge in [-0.05, 0) is 7.05 Å². The Bertz CT molecular complexity index is 1370. The summed E-state index contributed by atoms with van der Waals surface area (Å²) in [6.07, 6.45) is 2.75. The van der Waals surface area contributed by atoms with Crippen molar-refractivity contribution in [1.82, 2.24) is 34.4 Å². The number of hydrogen-bond donors (Lipinski definition) is 0. The van der Waals surface area contributed by atoms with E-state index in [1.807, 2.05) is 6.33 Å². The lowest BCUT2D eigenvalue weighted by atomic mass is 10.1. The van der Waals surface area contributed by atoms with Crippen LogP contribution in [0, 0.1) is 0 Å². The van der Waals surface area contributed by atoms with E-state index in [-0.39, 0.29) is 0 Å². The van der Waals surface area contributed by atoms with Crippen molar-refractivity contribution in [1.29, 1.82) is 0 Å². The second kappa shape index (κ2) is 15.8. The van der Waals surface area contributed by atoms with Gasteiger partial charge in [0, 0.05) is 107 Å². The molecule has 0 unspecified atom stereocenters. The number of piperazine rings is 1. The van der Waals surface area contributed by atoms with Crippen molar-refractivity contribution in [2.75, 3.05) is 140 Å². The molecule has 5 heterocycles. The average Bonchev–Trinajstić information content (AvgIpc) is 3.44. The number of hydrogen-bond acceptors (Lipinski definition) is 14. The topological polar surface area (TPSA) is 122 Å². The molecule has 0 aliphatic carbocycles. The quantitative estimate of drug-likeness (QED) is 0.221. The molecule has 248 valence electrons. The van der Waals surface area contributed by atoms with Crippen LogP contribution in [-0.4, -0.2) is 155 Å². The predicted molar refractivity (Wildman–Crippen MR) is 175 cm³/mol. The van der Waals surface area contributed by atoms with Crippen LogP contribution in [-0.2, 0) is 39.0 Å². The minimum absolute atomic E-state index is 0.538. The summed E-state index contributed by atoms with van der Waals surface area (Å²) < 4.78 is 24.0. The van der Waals surface area contributed by atoms with Crippen LogP contribution in [0.5, 0.6) is 0 Å². The van der Waals surface area contributed by atoms with Gasteiger partial charge in [-0.1, -0.05) is 0 Å². The van der Waals surface area contributed by atoms with E-state index in [0.29, 0.717) is 71.0 Å². The van der Waals surface area contributed by atoms with Gasteiger partial charge in [0.05, 0.1) is 45.0 Å². The lowest BCUT2D eigenvalue weighted by Crippen LogP contribution is -2.45. The molecule has 3 aromatic rings. The van der Waals surface area contributed by atoms with Crippen molar-refractivity contribution in [3.05, 3.63) is 17.7 Å². The molecule has 15 heteroatoms. The highest BCUT2D eigenvalue weighted by Crippen LogP contribution is 2.35. The van der Waals surface area contributed by atoms with E-state index < -0.39 is 0 Å². The number of likely N-dealkylation sites (N-methyl/N-ethyl adjacent to an activating group) is 1. The molecule has 0 aromatic carbocycles. The first-order valence-corrected chi connectivity index (χ1v) is 15.7. The fourth-order valence-electron chi connectivity index (χ4n) is 5.77. The average molecular weight is 628 g/mol. The Kier molecular flexibility index (Phi) is 11.6. The minimum Gasteiger partial charge on any atom is -0.383 e. The molecular weight excluding hydrogens is 578 g/mol. The molecule has 0 N–H and O–H groups in total. The molecule has 2 aliphatic rings. The van der Waals surface area contributed by atoms with Crippen LogP contribution in [0.2, 0.25) is 0 Å². The van der Waals surface area contributed by atoms with Crippen molar-refractivity contribution < 1.29 is 18.9 Å². The highest BCUT2D eigenvalue weighted by molar-refractivity contribution is 5.95. The first-order valence-electron chi connectivity index (χ1n) is 15.7. The van der Waals surface area contributed by atoms with Gasteiger partial charge in [-0.3, -0.25) is 0 Å². The zero-order chi connectivity index (χ0) is 31.8. The maximum absolute atomic E-state index is 5.46. The summed E-state index contributed by atoms with van der Waals surface area (Å²) in [7, 11) is 11.0. The van der Waals surface area contributed by atoms with Crippen LogP contribution >= 0.6 is 0 Å². The lowest BCUT2D eigenvalue weighted by molar-refractivity contribution is 0.189. The van der Waals surface area contributed by atoms with E-state index in [1.54, 1.807) is 28.4 Å². The van der Waals surface area contributed by atoms with E-state index >= 15 is 0 Å². The fraction of sp³-hybridized carbons (Fsp3) is 0.700. The van der Waals surface area contributed by atoms with Gasteiger partial charge in [-0.2, -0.15) is 9.97 Å². The maximum Gasteiger partial charge on any atom is 0.228 e. The van der Waals surface area contributed by atoms with Crippen molar-refractivity contribution in [3.8, 4) is 0 Å². The zero-order valence-corrected chi connectivity index (χ0v) is 27.7. The number of aryl methyl sites for hydroxylation is 1. The third kappa shape index (κ3) is 7.72. The van der Waals surface area contributed by atoms with Crippen LogP contribution in [0.1, 0.15) is 11.4 Å². The molecule has 15 nitrogen and oxygen atoms in total. The monoisotopic (exact) mass is 627 g/mol. The number of fused-ring (bicyclic) bond motifs is 2. The van der Waals surface area contributed by atoms with Crippen LogP contribution in [0.4, 0.5) is 23.5 Å². The molecule has 0 spiro atoms. The SMILES string of the molecule is COCCN(CCOC)c1nc(N2CCc3c(ncn3C)C2)c2nc(N(CCOC)CCOC)nc(N3CCN(C)CC3)c2n1. The fourth-order valence-corrected chi connectivity index (χ4v) is 5.77. The Balaban J connectivity index is 1.70. The Labute approximate surface area is 266 Å². The molecule has 0 saturated carbocycles. The summed E-state index contributed by atoms with van der Waals surface area (Å²) >= 11 is 0. The van der Waals surface area contributed by atoms with Gasteiger partial charge in [-0.15, -0.1) is 0 Å². The number of anilines is 4. The van der Waals surface area contributed by atoms with Gasteiger partial charge in [0.1, 0.15) is 11.0 Å². The lowest BCUT2D eigenvalue weighted by Gasteiger charge is -2.35. The summed E-state index contributed by atoms with van der Waals surface area (Å²) in [6.45, 7) is 9.64. The van der Waals surface area contributed by atoms with E-state index in [4.69, 9.17) is 43.9 Å². The summed E-state index contributed by atoms with van der Waals surface area (Å²) in [4.78, 5) is 36.8. The van der Waals surface area contributed by atoms with Crippen molar-refractivity contribution in [2.24, 2.45) is 7.05 Å². The summed E-state index contributed by atoms with van der Waals surface area (Å²) in [5, 5.41) is 0. The van der Waals surface area contributed by atoms with Crippen LogP contribution in [0.3, 0.4) is 0 Å². The summed E-state index contributed by atoms with van der Waals surface area (Å²) in [5.74, 6) is 2.83. The number of nitrogens with zero attached hydrogens (tertiary/aromatic N) is 11. The van der Waals surface area contributed by atoms with E-state index in [9.17, 15) is 0 Å². The van der Waals surface area contributed by atoms with Gasteiger partial charge in [-0.25, -0.2) is 15.0 Å². The molecule has 5 rings (SSSR count). The molecular formula is C30H49N11O4. The standard InChI is InChI=1S/C30H49N11O4/c1-36-9-11-38(12-10-36)27-25-26(33-29(34-27)39(13-17-42-3)14-18-43-4)28(41-8-7-24-23(21-41)31-22-37(24)2)35-30(32-25)40(15-19-44-5)16-20-45-6/h22H,7-21H2,1-6H3. The first kappa shape index (κ1) is 33.0. The van der Waals surface area contributed by atoms with Gasteiger partial charge in [0.25, 0.3) is 0 Å². The van der Waals surface area contributed by atoms with E-state index in [0.717, 1.165) is 67.5 Å². The summed E-state index contributed by atoms with van der Waals surface area (Å²) in [6, 6.07) is 0. The molecule has 1 fully saturated rings. The van der Waals surface area contributed by atoms with Crippen LogP contribution in [0.25, 0.3) is 11.0 Å². The van der Waals surface area contributed by atoms with Crippen LogP contribution < -0.4 is 19.6 Å². The highest BCUT2D eigenvalue weighted by Gasteiger charge is 2.29. The molecule has 1 saturated heterocycles. The number of methoxy groups -OCH3 is 4. The van der Waals surface area contributed by atoms with Crippen molar-refractivity contribution >= 4 is 34.6 Å². The smallest absolute Gasteiger partial charge is 0.228 e. The van der Waals surface area contributed by atoms with E-state index in [2.05, 4.69) is 43.2 Å². The Hall–Kier alpha value is -3.37. The second-order valence-corrected chi connectivity index (χ2v) is 11.5. The summed E-state index contributed by atoms with van der Waals surface area (Å²) in [5.41, 5.74) is 3.79. The van der Waals surface area contributed by atoms with Crippen molar-refractivity contribution in [2.45, 2.75) is 13.0 Å². The molecule has 0 atom stereocenters. The zero-order valence-electron chi connectivity index (χ0n) is 27.7. The molecule has 2 aliphatic heterocycles. The largest absolute Gasteiger partial charge is 0.383 e. The highest BCUT2D eigenvalue weighted by atomic mass is 16.5. The number of rotatable bonds is 16. The Morgan fingerprint density at radius 1 is 0.644 bits per heavy atom. The number of imidazole rings is 1. The van der Waals surface area contributed by atoms with Gasteiger partial charge >= 0.3 is 0 Å². The maximum atomic E-state index is 5.46. The van der Waals surface area contributed by atoms with E-state index in [1.165, 1.54) is 5.69 Å². The molecule has 0 radical (unpaired) electrons. The third-order valence-corrected chi connectivity index (χ3v) is 8.52. The second-order valence-electron chi connectivity index (χ2n) is 11.5. The van der Waals surface area contributed by atoms with Gasteiger partial charge in [0.15, 0.2) is 11.6 Å². The number of ether oxygens (including phenoxy) is 4. The molecule has 3 aromatic heterocycles. The van der Waals surface area contributed by atoms with Gasteiger partial charge in [0.2, 0.25) is 11.9 Å². The number of aromatic nitrogens is 6. The minimum atomic E-state index is 0.538.